The fourth-order valence-electron chi connectivity index (χ4n) is 3.96. The molecule has 2 amide bonds. The molecule has 0 unspecified atom stereocenters. The lowest BCUT2D eigenvalue weighted by Crippen LogP contribution is -2.43. The number of thiophene rings is 1. The zero-order chi connectivity index (χ0) is 22.5. The van der Waals surface area contributed by atoms with Crippen LogP contribution >= 0.6 is 11.3 Å². The largest absolute Gasteiger partial charge is 0.493 e. The van der Waals surface area contributed by atoms with E-state index in [1.165, 1.54) is 4.88 Å². The van der Waals surface area contributed by atoms with Crippen LogP contribution in [0, 0.1) is 0 Å². The van der Waals surface area contributed by atoms with E-state index in [0.29, 0.717) is 48.4 Å². The molecule has 1 aromatic carbocycles. The van der Waals surface area contributed by atoms with Crippen molar-refractivity contribution >= 4 is 34.4 Å². The van der Waals surface area contributed by atoms with Gasteiger partial charge in [0, 0.05) is 24.2 Å². The second kappa shape index (κ2) is 10.1. The first-order valence-electron chi connectivity index (χ1n) is 10.7. The van der Waals surface area contributed by atoms with Gasteiger partial charge in [-0.15, -0.1) is 11.3 Å². The Balaban J connectivity index is 1.47. The molecule has 2 heterocycles. The number of primary amides is 1. The first-order valence-corrected chi connectivity index (χ1v) is 11.5. The SMILES string of the molecule is COc1cc(/C=N/c2sc3c(c2C(N)=O)CCCC3)ccc1OCC(=O)N1CCOCC1. The van der Waals surface area contributed by atoms with Gasteiger partial charge in [0.2, 0.25) is 0 Å². The van der Waals surface area contributed by atoms with E-state index < -0.39 is 5.91 Å². The second-order valence-corrected chi connectivity index (χ2v) is 8.79. The number of methoxy groups -OCH3 is 1. The molecule has 1 fully saturated rings. The fourth-order valence-corrected chi connectivity index (χ4v) is 5.20. The van der Waals surface area contributed by atoms with Crippen molar-refractivity contribution in [2.45, 2.75) is 25.7 Å². The third-order valence-electron chi connectivity index (χ3n) is 5.63. The Kier molecular flexibility index (Phi) is 7.06. The normalized spacial score (nSPS) is 16.1. The van der Waals surface area contributed by atoms with Gasteiger partial charge in [-0.25, -0.2) is 4.99 Å². The third-order valence-corrected chi connectivity index (χ3v) is 6.83. The number of carbonyl (C=O) groups is 2. The van der Waals surface area contributed by atoms with Gasteiger partial charge in [0.1, 0.15) is 5.00 Å². The number of aliphatic imine (C=N–C) groups is 1. The molecule has 0 atom stereocenters. The highest BCUT2D eigenvalue weighted by molar-refractivity contribution is 7.16. The Morgan fingerprint density at radius 3 is 2.75 bits per heavy atom. The average molecular weight is 458 g/mol. The van der Waals surface area contributed by atoms with Crippen LogP contribution in [0.1, 0.15) is 39.2 Å². The van der Waals surface area contributed by atoms with Gasteiger partial charge in [-0.05, 0) is 55.0 Å². The molecule has 0 bridgehead atoms. The van der Waals surface area contributed by atoms with E-state index in [4.69, 9.17) is 19.9 Å². The number of morpholine rings is 1. The van der Waals surface area contributed by atoms with Gasteiger partial charge < -0.3 is 24.8 Å². The predicted octanol–water partition coefficient (Wildman–Crippen LogP) is 2.72. The number of amides is 2. The Labute approximate surface area is 191 Å². The molecule has 2 aliphatic rings. The molecule has 1 saturated heterocycles. The zero-order valence-corrected chi connectivity index (χ0v) is 18.9. The Bertz CT molecular complexity index is 1030. The van der Waals surface area contributed by atoms with Gasteiger partial charge in [0.05, 0.1) is 25.9 Å². The van der Waals surface area contributed by atoms with Crippen LogP contribution in [0.25, 0.3) is 0 Å². The maximum Gasteiger partial charge on any atom is 0.260 e. The number of benzene rings is 1. The van der Waals surface area contributed by atoms with Crippen LogP contribution in [0.2, 0.25) is 0 Å². The summed E-state index contributed by atoms with van der Waals surface area (Å²) in [7, 11) is 1.55. The van der Waals surface area contributed by atoms with Gasteiger partial charge in [-0.1, -0.05) is 0 Å². The summed E-state index contributed by atoms with van der Waals surface area (Å²) in [6.07, 6.45) is 5.73. The number of nitrogens with zero attached hydrogens (tertiary/aromatic N) is 2. The minimum Gasteiger partial charge on any atom is -0.493 e. The zero-order valence-electron chi connectivity index (χ0n) is 18.1. The topological polar surface area (TPSA) is 103 Å². The lowest BCUT2D eigenvalue weighted by Gasteiger charge is -2.26. The van der Waals surface area contributed by atoms with Crippen molar-refractivity contribution in [2.24, 2.45) is 10.7 Å². The van der Waals surface area contributed by atoms with Crippen molar-refractivity contribution in [3.63, 3.8) is 0 Å². The number of hydrogen-bond donors (Lipinski definition) is 1. The van der Waals surface area contributed by atoms with E-state index >= 15 is 0 Å². The molecule has 2 N–H and O–H groups in total. The summed E-state index contributed by atoms with van der Waals surface area (Å²) in [5, 5.41) is 0.653. The highest BCUT2D eigenvalue weighted by Crippen LogP contribution is 2.39. The molecule has 0 spiro atoms. The summed E-state index contributed by atoms with van der Waals surface area (Å²) in [6.45, 7) is 2.19. The van der Waals surface area contributed by atoms with Crippen molar-refractivity contribution in [3.8, 4) is 11.5 Å². The first-order chi connectivity index (χ1) is 15.6. The highest BCUT2D eigenvalue weighted by atomic mass is 32.1. The minimum absolute atomic E-state index is 0.0630. The first kappa shape index (κ1) is 22.3. The van der Waals surface area contributed by atoms with Crippen LogP contribution in [0.15, 0.2) is 23.2 Å². The van der Waals surface area contributed by atoms with Crippen LogP contribution in [0.5, 0.6) is 11.5 Å². The molecule has 1 aromatic heterocycles. The van der Waals surface area contributed by atoms with Gasteiger partial charge in [0.15, 0.2) is 18.1 Å². The molecule has 8 nitrogen and oxygen atoms in total. The number of rotatable bonds is 7. The third kappa shape index (κ3) is 4.94. The summed E-state index contributed by atoms with van der Waals surface area (Å²) >= 11 is 1.54. The van der Waals surface area contributed by atoms with E-state index in [9.17, 15) is 9.59 Å². The molecular formula is C23H27N3O5S. The van der Waals surface area contributed by atoms with Crippen molar-refractivity contribution in [3.05, 3.63) is 39.8 Å². The molecular weight excluding hydrogens is 430 g/mol. The molecule has 2 aromatic rings. The number of carbonyl (C=O) groups excluding carboxylic acids is 2. The Morgan fingerprint density at radius 2 is 2.00 bits per heavy atom. The average Bonchev–Trinajstić information content (AvgIpc) is 3.20. The lowest BCUT2D eigenvalue weighted by atomic mass is 9.95. The monoisotopic (exact) mass is 457 g/mol. The second-order valence-electron chi connectivity index (χ2n) is 7.71. The lowest BCUT2D eigenvalue weighted by molar-refractivity contribution is -0.137. The fraction of sp³-hybridized carbons (Fsp3) is 0.435. The van der Waals surface area contributed by atoms with Crippen LogP contribution in [0.3, 0.4) is 0 Å². The van der Waals surface area contributed by atoms with E-state index in [-0.39, 0.29) is 12.5 Å². The van der Waals surface area contributed by atoms with Crippen molar-refractivity contribution in [2.75, 3.05) is 40.0 Å². The van der Waals surface area contributed by atoms with E-state index in [2.05, 4.69) is 4.99 Å². The summed E-state index contributed by atoms with van der Waals surface area (Å²) in [5.41, 5.74) is 8.05. The van der Waals surface area contributed by atoms with Crippen LogP contribution < -0.4 is 15.2 Å². The number of hydrogen-bond acceptors (Lipinski definition) is 7. The number of ether oxygens (including phenoxy) is 3. The minimum atomic E-state index is -0.428. The smallest absolute Gasteiger partial charge is 0.260 e. The molecule has 4 rings (SSSR count). The number of nitrogens with two attached hydrogens (primary N) is 1. The summed E-state index contributed by atoms with van der Waals surface area (Å²) < 4.78 is 16.4. The molecule has 32 heavy (non-hydrogen) atoms. The molecule has 1 aliphatic heterocycles. The predicted molar refractivity (Wildman–Crippen MR) is 123 cm³/mol. The van der Waals surface area contributed by atoms with Crippen molar-refractivity contribution in [1.29, 1.82) is 0 Å². The Hall–Kier alpha value is -2.91. The van der Waals surface area contributed by atoms with E-state index in [1.54, 1.807) is 41.7 Å². The van der Waals surface area contributed by atoms with Gasteiger partial charge >= 0.3 is 0 Å². The van der Waals surface area contributed by atoms with Crippen LogP contribution in [-0.2, 0) is 22.4 Å². The van der Waals surface area contributed by atoms with E-state index in [0.717, 1.165) is 36.8 Å². The maximum atomic E-state index is 12.3. The summed E-state index contributed by atoms with van der Waals surface area (Å²) in [5.74, 6) is 0.476. The Morgan fingerprint density at radius 1 is 1.22 bits per heavy atom. The molecule has 0 radical (unpaired) electrons. The molecule has 9 heteroatoms. The van der Waals surface area contributed by atoms with Crippen LogP contribution in [-0.4, -0.2) is 62.9 Å². The van der Waals surface area contributed by atoms with Gasteiger partial charge in [-0.2, -0.15) is 0 Å². The highest BCUT2D eigenvalue weighted by Gasteiger charge is 2.23. The number of aryl methyl sites for hydroxylation is 1. The van der Waals surface area contributed by atoms with Crippen molar-refractivity contribution in [1.82, 2.24) is 4.90 Å². The number of fused-ring (bicyclic) bond motifs is 1. The summed E-state index contributed by atoms with van der Waals surface area (Å²) in [4.78, 5) is 31.9. The van der Waals surface area contributed by atoms with E-state index in [1.807, 2.05) is 6.07 Å². The molecule has 1 aliphatic carbocycles. The molecule has 170 valence electrons. The summed E-state index contributed by atoms with van der Waals surface area (Å²) in [6, 6.07) is 5.37. The standard InChI is InChI=1S/C23H27N3O5S/c1-29-18-12-15(6-7-17(18)31-14-20(27)26-8-10-30-11-9-26)13-25-23-21(22(24)28)16-4-2-3-5-19(16)32-23/h6-7,12-13H,2-5,8-11,14H2,1H3,(H2,24,28)/b25-13+. The maximum absolute atomic E-state index is 12.3. The quantitative estimate of drug-likeness (QED) is 0.644. The molecule has 0 saturated carbocycles. The van der Waals surface area contributed by atoms with Crippen LogP contribution in [0.4, 0.5) is 5.00 Å². The van der Waals surface area contributed by atoms with Gasteiger partial charge in [0.25, 0.3) is 11.8 Å². The van der Waals surface area contributed by atoms with Crippen molar-refractivity contribution < 1.29 is 23.8 Å². The van der Waals surface area contributed by atoms with Gasteiger partial charge in [-0.3, -0.25) is 9.59 Å².